The fourth-order valence-electron chi connectivity index (χ4n) is 2.97. The minimum atomic E-state index is -0.174. The molecule has 4 rings (SSSR count). The van der Waals surface area contributed by atoms with Crippen LogP contribution >= 0.6 is 0 Å². The SMILES string of the molecule is O=C(NCc1cccc(NC(=O)C2CC2)c1)c1cnn(Cc2ccccc2)c1. The Morgan fingerprint density at radius 3 is 2.61 bits per heavy atom. The molecule has 6 heteroatoms. The van der Waals surface area contributed by atoms with Gasteiger partial charge in [-0.15, -0.1) is 0 Å². The molecule has 28 heavy (non-hydrogen) atoms. The summed E-state index contributed by atoms with van der Waals surface area (Å²) in [6.45, 7) is 1.01. The lowest BCUT2D eigenvalue weighted by Gasteiger charge is -2.08. The number of carbonyl (C=O) groups is 2. The number of nitrogens with zero attached hydrogens (tertiary/aromatic N) is 2. The van der Waals surface area contributed by atoms with Gasteiger partial charge in [0.1, 0.15) is 0 Å². The van der Waals surface area contributed by atoms with E-state index in [2.05, 4.69) is 15.7 Å². The fraction of sp³-hybridized carbons (Fsp3) is 0.227. The predicted molar refractivity (Wildman–Crippen MR) is 107 cm³/mol. The van der Waals surface area contributed by atoms with Crippen LogP contribution < -0.4 is 10.6 Å². The van der Waals surface area contributed by atoms with Crippen molar-refractivity contribution in [1.82, 2.24) is 15.1 Å². The van der Waals surface area contributed by atoms with Crippen molar-refractivity contribution in [2.45, 2.75) is 25.9 Å². The maximum atomic E-state index is 12.4. The summed E-state index contributed by atoms with van der Waals surface area (Å²) in [5.41, 5.74) is 3.34. The van der Waals surface area contributed by atoms with Crippen LogP contribution in [0.3, 0.4) is 0 Å². The Balaban J connectivity index is 1.32. The lowest BCUT2D eigenvalue weighted by Crippen LogP contribution is -2.22. The summed E-state index contributed by atoms with van der Waals surface area (Å²) in [5, 5.41) is 10.1. The topological polar surface area (TPSA) is 76.0 Å². The van der Waals surface area contributed by atoms with Gasteiger partial charge in [0.2, 0.25) is 5.91 Å². The molecule has 0 bridgehead atoms. The number of hydrogen-bond acceptors (Lipinski definition) is 3. The van der Waals surface area contributed by atoms with Crippen LogP contribution in [0.5, 0.6) is 0 Å². The molecule has 0 radical (unpaired) electrons. The number of rotatable bonds is 7. The Morgan fingerprint density at radius 1 is 1.04 bits per heavy atom. The van der Waals surface area contributed by atoms with Gasteiger partial charge in [-0.2, -0.15) is 5.10 Å². The van der Waals surface area contributed by atoms with Crippen LogP contribution in [0, 0.1) is 5.92 Å². The second-order valence-electron chi connectivity index (χ2n) is 7.06. The third kappa shape index (κ3) is 4.65. The van der Waals surface area contributed by atoms with Crippen LogP contribution in [-0.2, 0) is 17.9 Å². The van der Waals surface area contributed by atoms with Crippen LogP contribution in [0.1, 0.15) is 34.3 Å². The van der Waals surface area contributed by atoms with Crippen LogP contribution in [0.15, 0.2) is 67.0 Å². The number of amides is 2. The van der Waals surface area contributed by atoms with Gasteiger partial charge in [-0.1, -0.05) is 42.5 Å². The van der Waals surface area contributed by atoms with Crippen LogP contribution in [-0.4, -0.2) is 21.6 Å². The summed E-state index contributed by atoms with van der Waals surface area (Å²) in [5.74, 6) is 0.0644. The van der Waals surface area contributed by atoms with E-state index in [1.165, 1.54) is 0 Å². The van der Waals surface area contributed by atoms with Crippen LogP contribution in [0.4, 0.5) is 5.69 Å². The molecule has 1 heterocycles. The highest BCUT2D eigenvalue weighted by Crippen LogP contribution is 2.30. The van der Waals surface area contributed by atoms with Crippen molar-refractivity contribution < 1.29 is 9.59 Å². The number of carbonyl (C=O) groups excluding carboxylic acids is 2. The zero-order valence-electron chi connectivity index (χ0n) is 15.5. The maximum absolute atomic E-state index is 12.4. The van der Waals surface area contributed by atoms with Gasteiger partial charge in [0.15, 0.2) is 0 Å². The second kappa shape index (κ2) is 8.08. The molecule has 0 saturated heterocycles. The largest absolute Gasteiger partial charge is 0.348 e. The molecular formula is C22H22N4O2. The van der Waals surface area contributed by atoms with Crippen molar-refractivity contribution in [3.63, 3.8) is 0 Å². The van der Waals surface area contributed by atoms with Gasteiger partial charge in [-0.05, 0) is 36.1 Å². The minimum absolute atomic E-state index is 0.0759. The highest BCUT2D eigenvalue weighted by molar-refractivity contribution is 5.94. The molecule has 1 aliphatic rings. The first-order chi connectivity index (χ1) is 13.7. The summed E-state index contributed by atoms with van der Waals surface area (Å²) in [6, 6.07) is 17.5. The standard InChI is InChI=1S/C22H22N4O2/c27-21(19-13-24-26(15-19)14-16-5-2-1-3-6-16)23-12-17-7-4-8-20(11-17)25-22(28)18-9-10-18/h1-8,11,13,15,18H,9-10,12,14H2,(H,23,27)(H,25,28). The Morgan fingerprint density at radius 2 is 1.82 bits per heavy atom. The molecule has 1 aliphatic carbocycles. The van der Waals surface area contributed by atoms with Crippen molar-refractivity contribution in [3.05, 3.63) is 83.7 Å². The Labute approximate surface area is 163 Å². The van der Waals surface area contributed by atoms with Gasteiger partial charge in [0, 0.05) is 24.3 Å². The summed E-state index contributed by atoms with van der Waals surface area (Å²) >= 11 is 0. The smallest absolute Gasteiger partial charge is 0.254 e. The van der Waals surface area contributed by atoms with Crippen LogP contribution in [0.2, 0.25) is 0 Å². The molecule has 3 aromatic rings. The number of anilines is 1. The average molecular weight is 374 g/mol. The summed E-state index contributed by atoms with van der Waals surface area (Å²) in [6.07, 6.45) is 5.26. The molecule has 0 spiro atoms. The molecule has 0 atom stereocenters. The molecule has 0 unspecified atom stereocenters. The van der Waals surface area contributed by atoms with E-state index in [1.807, 2.05) is 54.6 Å². The highest BCUT2D eigenvalue weighted by atomic mass is 16.2. The minimum Gasteiger partial charge on any atom is -0.348 e. The predicted octanol–water partition coefficient (Wildman–Crippen LogP) is 3.21. The molecule has 6 nitrogen and oxygen atoms in total. The Kier molecular flexibility index (Phi) is 5.19. The van der Waals surface area contributed by atoms with Crippen LogP contribution in [0.25, 0.3) is 0 Å². The van der Waals surface area contributed by atoms with E-state index in [9.17, 15) is 9.59 Å². The lowest BCUT2D eigenvalue weighted by molar-refractivity contribution is -0.117. The van der Waals surface area contributed by atoms with Crippen molar-refractivity contribution >= 4 is 17.5 Å². The third-order valence-electron chi connectivity index (χ3n) is 4.68. The first kappa shape index (κ1) is 18.0. The van der Waals surface area contributed by atoms with Crippen molar-refractivity contribution in [2.75, 3.05) is 5.32 Å². The van der Waals surface area contributed by atoms with Crippen molar-refractivity contribution in [1.29, 1.82) is 0 Å². The van der Waals surface area contributed by atoms with E-state index in [0.29, 0.717) is 18.7 Å². The van der Waals surface area contributed by atoms with E-state index < -0.39 is 0 Å². The molecule has 2 amide bonds. The molecule has 1 fully saturated rings. The monoisotopic (exact) mass is 374 g/mol. The summed E-state index contributed by atoms with van der Waals surface area (Å²) < 4.78 is 1.75. The van der Waals surface area contributed by atoms with E-state index in [0.717, 1.165) is 29.7 Å². The van der Waals surface area contributed by atoms with Gasteiger partial charge in [-0.3, -0.25) is 14.3 Å². The Hall–Kier alpha value is -3.41. The van der Waals surface area contributed by atoms with E-state index >= 15 is 0 Å². The Bertz CT molecular complexity index is 977. The molecule has 2 aromatic carbocycles. The number of aromatic nitrogens is 2. The molecular weight excluding hydrogens is 352 g/mol. The molecule has 142 valence electrons. The van der Waals surface area contributed by atoms with Crippen molar-refractivity contribution in [2.24, 2.45) is 5.92 Å². The van der Waals surface area contributed by atoms with E-state index in [4.69, 9.17) is 0 Å². The van der Waals surface area contributed by atoms with E-state index in [-0.39, 0.29) is 17.7 Å². The van der Waals surface area contributed by atoms with Gasteiger partial charge in [-0.25, -0.2) is 0 Å². The second-order valence-corrected chi connectivity index (χ2v) is 7.06. The first-order valence-electron chi connectivity index (χ1n) is 9.42. The molecule has 2 N–H and O–H groups in total. The number of hydrogen-bond donors (Lipinski definition) is 2. The molecule has 1 aromatic heterocycles. The summed E-state index contributed by atoms with van der Waals surface area (Å²) in [4.78, 5) is 24.3. The maximum Gasteiger partial charge on any atom is 0.254 e. The van der Waals surface area contributed by atoms with Gasteiger partial charge < -0.3 is 10.6 Å². The van der Waals surface area contributed by atoms with Crippen molar-refractivity contribution in [3.8, 4) is 0 Å². The molecule has 0 aliphatic heterocycles. The average Bonchev–Trinajstić information content (AvgIpc) is 3.47. The quantitative estimate of drug-likeness (QED) is 0.667. The number of benzene rings is 2. The van der Waals surface area contributed by atoms with Gasteiger partial charge >= 0.3 is 0 Å². The van der Waals surface area contributed by atoms with Gasteiger partial charge in [0.25, 0.3) is 5.91 Å². The highest BCUT2D eigenvalue weighted by Gasteiger charge is 2.29. The first-order valence-corrected chi connectivity index (χ1v) is 9.42. The summed E-state index contributed by atoms with van der Waals surface area (Å²) in [7, 11) is 0. The van der Waals surface area contributed by atoms with Gasteiger partial charge in [0.05, 0.1) is 18.3 Å². The fourth-order valence-corrected chi connectivity index (χ4v) is 2.97. The normalized spacial score (nSPS) is 13.1. The zero-order chi connectivity index (χ0) is 19.3. The molecule has 1 saturated carbocycles. The lowest BCUT2D eigenvalue weighted by atomic mass is 10.2. The number of nitrogens with one attached hydrogen (secondary N) is 2. The van der Waals surface area contributed by atoms with E-state index in [1.54, 1.807) is 17.1 Å². The zero-order valence-corrected chi connectivity index (χ0v) is 15.5. The third-order valence-corrected chi connectivity index (χ3v) is 4.68.